The van der Waals surface area contributed by atoms with Gasteiger partial charge >= 0.3 is 0 Å². The van der Waals surface area contributed by atoms with Crippen LogP contribution < -0.4 is 4.90 Å². The lowest BCUT2D eigenvalue weighted by atomic mass is 9.65. The molecule has 3 aliphatic rings. The van der Waals surface area contributed by atoms with Crippen molar-refractivity contribution in [3.63, 3.8) is 0 Å². The maximum Gasteiger partial charge on any atom is 0.0755 e. The Morgan fingerprint density at radius 1 is 0.276 bits per heavy atom. The van der Waals surface area contributed by atoms with Gasteiger partial charge in [0.05, 0.1) is 44.3 Å². The van der Waals surface area contributed by atoms with Gasteiger partial charge in [0.15, 0.2) is 0 Å². The lowest BCUT2D eigenvalue weighted by molar-refractivity contribution is 0.748. The molecule has 14 aromatic carbocycles. The van der Waals surface area contributed by atoms with E-state index in [4.69, 9.17) is 0 Å². The molecule has 0 N–H and O–H groups in total. The predicted molar refractivity (Wildman–Crippen MR) is 361 cm³/mol. The van der Waals surface area contributed by atoms with Crippen LogP contribution in [-0.2, 0) is 10.8 Å². The molecular formula is C84H53N3. The largest absolute Gasteiger partial charge is 0.310 e. The highest BCUT2D eigenvalue weighted by Crippen LogP contribution is 2.64. The highest BCUT2D eigenvalue weighted by atomic mass is 15.1. The Morgan fingerprint density at radius 3 is 1.61 bits per heavy atom. The zero-order valence-corrected chi connectivity index (χ0v) is 47.4. The van der Waals surface area contributed by atoms with Crippen molar-refractivity contribution in [1.29, 1.82) is 0 Å². The molecule has 0 radical (unpaired) electrons. The van der Waals surface area contributed by atoms with E-state index in [2.05, 4.69) is 336 Å². The molecule has 0 saturated carbocycles. The SMILES string of the molecule is c1ccc(-n2c3ccccc3c3ccc(-c4ccc(N(c5ccc6c(c5)C(c5ccccc5)(c5ccccc5)c5ccc7ccccc7c5-6)c5cccc6c5-c5ccccc5C65c6ccccc6-n6c7ccccc7c7cccc5c76)cc4)cc32)cc1. The van der Waals surface area contributed by atoms with Crippen LogP contribution in [-0.4, -0.2) is 9.13 Å². The molecule has 2 aromatic heterocycles. The van der Waals surface area contributed by atoms with Crippen molar-refractivity contribution in [2.24, 2.45) is 0 Å². The summed E-state index contributed by atoms with van der Waals surface area (Å²) >= 11 is 0. The van der Waals surface area contributed by atoms with Gasteiger partial charge in [-0.1, -0.05) is 255 Å². The fourth-order valence-corrected chi connectivity index (χ4v) is 16.4. The number of fused-ring (bicyclic) bond motifs is 20. The van der Waals surface area contributed by atoms with Crippen molar-refractivity contribution >= 4 is 71.4 Å². The van der Waals surface area contributed by atoms with E-state index in [1.165, 1.54) is 127 Å². The number of rotatable bonds is 7. The number of benzene rings is 14. The van der Waals surface area contributed by atoms with E-state index in [-0.39, 0.29) is 0 Å². The smallest absolute Gasteiger partial charge is 0.0755 e. The van der Waals surface area contributed by atoms with Crippen LogP contribution in [0.15, 0.2) is 322 Å². The van der Waals surface area contributed by atoms with Crippen molar-refractivity contribution in [3.05, 3.63) is 366 Å². The fourth-order valence-electron chi connectivity index (χ4n) is 16.4. The van der Waals surface area contributed by atoms with Crippen molar-refractivity contribution in [3.8, 4) is 44.8 Å². The fraction of sp³-hybridized carbons (Fsp3) is 0.0238. The molecule has 16 aromatic rings. The van der Waals surface area contributed by atoms with Crippen LogP contribution in [0.5, 0.6) is 0 Å². The highest BCUT2D eigenvalue weighted by molar-refractivity contribution is 6.14. The molecule has 3 heteroatoms. The van der Waals surface area contributed by atoms with Crippen LogP contribution in [0.3, 0.4) is 0 Å². The van der Waals surface area contributed by atoms with E-state index in [1.807, 2.05) is 0 Å². The first kappa shape index (κ1) is 48.1. The summed E-state index contributed by atoms with van der Waals surface area (Å²) in [6.45, 7) is 0. The standard InChI is InChI=1S/C84H53N3/c1-4-23-57(24-5-1)83(58-25-6-2-7-26-58)72-51-45-55-22-10-11-29-62(55)80(72)68-50-48-61(53-74(68)83)85(60-46-42-54(43-47-60)56-44-49-65-63-30-13-17-38-75(63)86(79(65)52-56)59-27-8-3-9-28-59)78-41-21-36-71-81(78)67-32-12-15-34-69(67)84(71)70-35-16-19-40-77(70)87-76-39-18-14-31-64(76)66-33-20-37-73(84)82(66)87/h1-53H. The van der Waals surface area contributed by atoms with Gasteiger partial charge in [-0.05, 0) is 150 Å². The molecule has 3 nitrogen and oxygen atoms in total. The Hall–Kier alpha value is -11.3. The zero-order valence-electron chi connectivity index (χ0n) is 47.4. The Balaban J connectivity index is 0.882. The Bertz CT molecular complexity index is 5480. The summed E-state index contributed by atoms with van der Waals surface area (Å²) in [4.78, 5) is 2.57. The molecule has 0 bridgehead atoms. The first-order valence-electron chi connectivity index (χ1n) is 30.3. The lowest BCUT2D eigenvalue weighted by Gasteiger charge is -2.39. The van der Waals surface area contributed by atoms with Gasteiger partial charge in [-0.25, -0.2) is 0 Å². The predicted octanol–water partition coefficient (Wildman–Crippen LogP) is 21.2. The Kier molecular flexibility index (Phi) is 10.0. The van der Waals surface area contributed by atoms with Gasteiger partial charge in [0, 0.05) is 44.2 Å². The van der Waals surface area contributed by atoms with E-state index in [9.17, 15) is 0 Å². The highest BCUT2D eigenvalue weighted by Gasteiger charge is 2.52. The molecular weight excluding hydrogens is 1050 g/mol. The van der Waals surface area contributed by atoms with Gasteiger partial charge < -0.3 is 14.0 Å². The van der Waals surface area contributed by atoms with Gasteiger partial charge in [-0.3, -0.25) is 0 Å². The second-order valence-electron chi connectivity index (χ2n) is 23.8. The molecule has 2 aliphatic carbocycles. The second-order valence-corrected chi connectivity index (χ2v) is 23.8. The minimum atomic E-state index is -0.637. The van der Waals surface area contributed by atoms with Crippen LogP contribution in [0.4, 0.5) is 17.1 Å². The van der Waals surface area contributed by atoms with E-state index in [1.54, 1.807) is 0 Å². The van der Waals surface area contributed by atoms with Crippen LogP contribution >= 0.6 is 0 Å². The average Bonchev–Trinajstić information content (AvgIpc) is 1.59. The number of anilines is 3. The summed E-state index contributed by atoms with van der Waals surface area (Å²) < 4.78 is 4.95. The second kappa shape index (κ2) is 18.1. The third-order valence-corrected chi connectivity index (χ3v) is 19.8. The molecule has 1 aliphatic heterocycles. The van der Waals surface area contributed by atoms with Gasteiger partial charge in [-0.2, -0.15) is 0 Å². The summed E-state index contributed by atoms with van der Waals surface area (Å²) in [5.74, 6) is 0. The number of aromatic nitrogens is 2. The van der Waals surface area contributed by atoms with E-state index in [0.29, 0.717) is 0 Å². The summed E-state index contributed by atoms with van der Waals surface area (Å²) in [5.41, 5.74) is 26.8. The number of hydrogen-bond donors (Lipinski definition) is 0. The molecule has 3 heterocycles. The molecule has 1 spiro atoms. The van der Waals surface area contributed by atoms with Gasteiger partial charge in [-0.15, -0.1) is 0 Å². The van der Waals surface area contributed by atoms with Crippen LogP contribution in [0.2, 0.25) is 0 Å². The molecule has 1 atom stereocenters. The van der Waals surface area contributed by atoms with E-state index in [0.717, 1.165) is 33.9 Å². The quantitative estimate of drug-likeness (QED) is 0.155. The Morgan fingerprint density at radius 2 is 0.828 bits per heavy atom. The van der Waals surface area contributed by atoms with Crippen LogP contribution in [0.25, 0.3) is 99.1 Å². The maximum absolute atomic E-state index is 2.57. The molecule has 0 saturated heterocycles. The topological polar surface area (TPSA) is 13.1 Å². The average molecular weight is 1100 g/mol. The minimum Gasteiger partial charge on any atom is -0.310 e. The zero-order chi connectivity index (χ0) is 57.0. The van der Waals surface area contributed by atoms with Crippen LogP contribution in [0, 0.1) is 0 Å². The van der Waals surface area contributed by atoms with Crippen molar-refractivity contribution in [1.82, 2.24) is 9.13 Å². The molecule has 404 valence electrons. The monoisotopic (exact) mass is 1100 g/mol. The molecule has 1 unspecified atom stereocenters. The van der Waals surface area contributed by atoms with Crippen molar-refractivity contribution in [2.45, 2.75) is 10.8 Å². The van der Waals surface area contributed by atoms with Crippen molar-refractivity contribution < 1.29 is 0 Å². The summed E-state index contributed by atoms with van der Waals surface area (Å²) in [5, 5.41) is 7.52. The van der Waals surface area contributed by atoms with E-state index >= 15 is 0 Å². The minimum absolute atomic E-state index is 0.630. The molecule has 0 fully saturated rings. The normalized spacial score (nSPS) is 14.8. The maximum atomic E-state index is 2.57. The van der Waals surface area contributed by atoms with Gasteiger partial charge in [0.25, 0.3) is 0 Å². The number of hydrogen-bond acceptors (Lipinski definition) is 1. The first-order chi connectivity index (χ1) is 43.2. The third kappa shape index (κ3) is 6.39. The summed E-state index contributed by atoms with van der Waals surface area (Å²) in [6, 6.07) is 121. The number of nitrogens with zero attached hydrogens (tertiary/aromatic N) is 3. The summed E-state index contributed by atoms with van der Waals surface area (Å²) in [6.07, 6.45) is 0. The first-order valence-corrected chi connectivity index (χ1v) is 30.3. The van der Waals surface area contributed by atoms with Gasteiger partial charge in [0.1, 0.15) is 0 Å². The molecule has 87 heavy (non-hydrogen) atoms. The third-order valence-electron chi connectivity index (χ3n) is 19.8. The van der Waals surface area contributed by atoms with E-state index < -0.39 is 10.8 Å². The van der Waals surface area contributed by atoms with Gasteiger partial charge in [0.2, 0.25) is 0 Å². The van der Waals surface area contributed by atoms with Crippen LogP contribution in [0.1, 0.15) is 44.5 Å². The summed E-state index contributed by atoms with van der Waals surface area (Å²) in [7, 11) is 0. The Labute approximate surface area is 504 Å². The lowest BCUT2D eigenvalue weighted by Crippen LogP contribution is -2.33. The van der Waals surface area contributed by atoms with Crippen molar-refractivity contribution in [2.75, 3.05) is 4.90 Å². The number of para-hydroxylation sites is 5. The molecule has 0 amide bonds. The molecule has 19 rings (SSSR count).